The van der Waals surface area contributed by atoms with Crippen LogP contribution >= 0.6 is 0 Å². The zero-order chi connectivity index (χ0) is 20.2. The van der Waals surface area contributed by atoms with Crippen LogP contribution in [0.25, 0.3) is 0 Å². The number of carbonyl (C=O) groups excluding carboxylic acids is 2. The highest BCUT2D eigenvalue weighted by Crippen LogP contribution is 2.14. The Labute approximate surface area is 170 Å². The van der Waals surface area contributed by atoms with Crippen LogP contribution in [-0.2, 0) is 0 Å². The highest BCUT2D eigenvalue weighted by atomic mass is 16.2. The van der Waals surface area contributed by atoms with Gasteiger partial charge in [0.05, 0.1) is 0 Å². The van der Waals surface area contributed by atoms with Gasteiger partial charge in [-0.1, -0.05) is 0 Å². The van der Waals surface area contributed by atoms with E-state index in [-0.39, 0.29) is 11.8 Å². The molecule has 4 rings (SSSR count). The van der Waals surface area contributed by atoms with Gasteiger partial charge in [0.15, 0.2) is 0 Å². The smallest absolute Gasteiger partial charge is 0.272 e. The van der Waals surface area contributed by atoms with E-state index in [0.29, 0.717) is 56.5 Å². The maximum atomic E-state index is 13.0. The second-order valence-electron chi connectivity index (χ2n) is 7.35. The molecule has 0 aromatic carbocycles. The summed E-state index contributed by atoms with van der Waals surface area (Å²) >= 11 is 0. The lowest BCUT2D eigenvalue weighted by Crippen LogP contribution is -2.49. The molecule has 2 amide bonds. The molecule has 29 heavy (non-hydrogen) atoms. The average molecular weight is 395 g/mol. The van der Waals surface area contributed by atoms with Gasteiger partial charge in [-0.3, -0.25) is 14.6 Å². The molecule has 0 radical (unpaired) electrons. The van der Waals surface area contributed by atoms with Gasteiger partial charge < -0.3 is 19.6 Å². The Balaban J connectivity index is 1.39. The SMILES string of the molecule is CN1CCN(C(=O)c2cc(C(=O)N3CCN(c4ncccn4)CC3)ccn2)CC1. The summed E-state index contributed by atoms with van der Waals surface area (Å²) in [5.74, 6) is 0.496. The van der Waals surface area contributed by atoms with Crippen molar-refractivity contribution in [1.82, 2.24) is 29.7 Å². The average Bonchev–Trinajstić information content (AvgIpc) is 2.79. The topological polar surface area (TPSA) is 85.8 Å². The molecule has 2 aliphatic rings. The molecule has 0 saturated carbocycles. The highest BCUT2D eigenvalue weighted by molar-refractivity contribution is 5.98. The molecule has 0 aliphatic carbocycles. The number of rotatable bonds is 3. The van der Waals surface area contributed by atoms with Crippen molar-refractivity contribution in [2.75, 3.05) is 64.3 Å². The van der Waals surface area contributed by atoms with Crippen LogP contribution in [0.3, 0.4) is 0 Å². The number of carbonyl (C=O) groups is 2. The minimum absolute atomic E-state index is 0.0755. The molecule has 152 valence electrons. The van der Waals surface area contributed by atoms with Crippen molar-refractivity contribution in [2.24, 2.45) is 0 Å². The van der Waals surface area contributed by atoms with Gasteiger partial charge in [-0.05, 0) is 25.2 Å². The standard InChI is InChI=1S/C20H25N7O2/c1-24-7-9-26(10-8-24)19(29)17-15-16(3-6-21-17)18(28)25-11-13-27(14-12-25)20-22-4-2-5-23-20/h2-6,15H,7-14H2,1H3. The summed E-state index contributed by atoms with van der Waals surface area (Å²) in [6, 6.07) is 5.08. The molecule has 0 N–H and O–H groups in total. The van der Waals surface area contributed by atoms with Gasteiger partial charge in [-0.25, -0.2) is 9.97 Å². The summed E-state index contributed by atoms with van der Waals surface area (Å²) in [5, 5.41) is 0. The fourth-order valence-corrected chi connectivity index (χ4v) is 3.60. The minimum Gasteiger partial charge on any atom is -0.337 e. The molecule has 9 nitrogen and oxygen atoms in total. The van der Waals surface area contributed by atoms with Crippen molar-refractivity contribution >= 4 is 17.8 Å². The van der Waals surface area contributed by atoms with E-state index in [1.54, 1.807) is 46.6 Å². The maximum absolute atomic E-state index is 13.0. The Hall–Kier alpha value is -3.07. The summed E-state index contributed by atoms with van der Waals surface area (Å²) in [4.78, 5) is 46.3. The van der Waals surface area contributed by atoms with E-state index < -0.39 is 0 Å². The Morgan fingerprint density at radius 2 is 1.41 bits per heavy atom. The lowest BCUT2D eigenvalue weighted by atomic mass is 10.1. The van der Waals surface area contributed by atoms with Crippen LogP contribution in [-0.4, -0.2) is 101 Å². The fraction of sp³-hybridized carbons (Fsp3) is 0.450. The number of anilines is 1. The number of amides is 2. The molecule has 2 fully saturated rings. The van der Waals surface area contributed by atoms with E-state index in [9.17, 15) is 9.59 Å². The van der Waals surface area contributed by atoms with E-state index in [2.05, 4.69) is 24.8 Å². The van der Waals surface area contributed by atoms with Gasteiger partial charge >= 0.3 is 0 Å². The Morgan fingerprint density at radius 1 is 0.793 bits per heavy atom. The van der Waals surface area contributed by atoms with Gasteiger partial charge in [0.2, 0.25) is 5.95 Å². The molecule has 0 spiro atoms. The summed E-state index contributed by atoms with van der Waals surface area (Å²) in [5.41, 5.74) is 0.832. The highest BCUT2D eigenvalue weighted by Gasteiger charge is 2.25. The number of hydrogen-bond donors (Lipinski definition) is 0. The molecule has 0 bridgehead atoms. The zero-order valence-electron chi connectivity index (χ0n) is 16.6. The summed E-state index contributed by atoms with van der Waals surface area (Å²) < 4.78 is 0. The second kappa shape index (κ2) is 8.52. The fourth-order valence-electron chi connectivity index (χ4n) is 3.60. The lowest BCUT2D eigenvalue weighted by Gasteiger charge is -2.34. The molecule has 2 aromatic heterocycles. The van der Waals surface area contributed by atoms with E-state index >= 15 is 0 Å². The number of likely N-dealkylation sites (N-methyl/N-ethyl adjacent to an activating group) is 1. The predicted octanol–water partition coefficient (Wildman–Crippen LogP) is 0.222. The van der Waals surface area contributed by atoms with E-state index in [1.165, 1.54) is 0 Å². The van der Waals surface area contributed by atoms with Crippen LogP contribution in [0.2, 0.25) is 0 Å². The summed E-state index contributed by atoms with van der Waals surface area (Å²) in [6.07, 6.45) is 4.98. The lowest BCUT2D eigenvalue weighted by molar-refractivity contribution is 0.0658. The normalized spacial score (nSPS) is 18.0. The molecule has 0 atom stereocenters. The quantitative estimate of drug-likeness (QED) is 0.735. The van der Waals surface area contributed by atoms with E-state index in [4.69, 9.17) is 0 Å². The van der Waals surface area contributed by atoms with Crippen LogP contribution in [0.15, 0.2) is 36.8 Å². The second-order valence-corrected chi connectivity index (χ2v) is 7.35. The van der Waals surface area contributed by atoms with Crippen LogP contribution in [0.5, 0.6) is 0 Å². The number of aromatic nitrogens is 3. The Kier molecular flexibility index (Phi) is 5.66. The number of piperazine rings is 2. The van der Waals surface area contributed by atoms with Gasteiger partial charge in [0.1, 0.15) is 5.69 Å². The number of hydrogen-bond acceptors (Lipinski definition) is 7. The monoisotopic (exact) mass is 395 g/mol. The van der Waals surface area contributed by atoms with Crippen molar-refractivity contribution in [3.05, 3.63) is 48.0 Å². The van der Waals surface area contributed by atoms with Crippen molar-refractivity contribution in [2.45, 2.75) is 0 Å². The molecule has 0 unspecified atom stereocenters. The molecule has 2 aromatic rings. The zero-order valence-corrected chi connectivity index (χ0v) is 16.6. The summed E-state index contributed by atoms with van der Waals surface area (Å²) in [6.45, 7) is 5.57. The first-order valence-electron chi connectivity index (χ1n) is 9.87. The largest absolute Gasteiger partial charge is 0.337 e. The molecular formula is C20H25N7O2. The number of pyridine rings is 1. The van der Waals surface area contributed by atoms with Crippen molar-refractivity contribution in [3.8, 4) is 0 Å². The first-order valence-corrected chi connectivity index (χ1v) is 9.87. The van der Waals surface area contributed by atoms with Gasteiger partial charge in [-0.15, -0.1) is 0 Å². The predicted molar refractivity (Wildman–Crippen MR) is 108 cm³/mol. The Morgan fingerprint density at radius 3 is 2.10 bits per heavy atom. The van der Waals surface area contributed by atoms with Crippen LogP contribution < -0.4 is 4.90 Å². The van der Waals surface area contributed by atoms with Crippen molar-refractivity contribution < 1.29 is 9.59 Å². The van der Waals surface area contributed by atoms with Crippen LogP contribution in [0.4, 0.5) is 5.95 Å². The first-order chi connectivity index (χ1) is 14.1. The molecule has 2 aliphatic heterocycles. The van der Waals surface area contributed by atoms with Crippen LogP contribution in [0.1, 0.15) is 20.8 Å². The molecule has 4 heterocycles. The summed E-state index contributed by atoms with van der Waals surface area (Å²) in [7, 11) is 2.04. The van der Waals surface area contributed by atoms with E-state index in [1.807, 2.05) is 7.05 Å². The third-order valence-corrected chi connectivity index (χ3v) is 5.42. The van der Waals surface area contributed by atoms with Crippen molar-refractivity contribution in [3.63, 3.8) is 0 Å². The maximum Gasteiger partial charge on any atom is 0.272 e. The molecule has 9 heteroatoms. The van der Waals surface area contributed by atoms with Crippen molar-refractivity contribution in [1.29, 1.82) is 0 Å². The minimum atomic E-state index is -0.112. The first kappa shape index (κ1) is 19.3. The molecule has 2 saturated heterocycles. The molecular weight excluding hydrogens is 370 g/mol. The van der Waals surface area contributed by atoms with Gasteiger partial charge in [0.25, 0.3) is 11.8 Å². The van der Waals surface area contributed by atoms with Gasteiger partial charge in [0, 0.05) is 76.5 Å². The third kappa shape index (κ3) is 4.34. The van der Waals surface area contributed by atoms with Gasteiger partial charge in [-0.2, -0.15) is 0 Å². The third-order valence-electron chi connectivity index (χ3n) is 5.42. The van der Waals surface area contributed by atoms with E-state index in [0.717, 1.165) is 13.1 Å². The number of nitrogens with zero attached hydrogens (tertiary/aromatic N) is 7. The van der Waals surface area contributed by atoms with Crippen LogP contribution in [0, 0.1) is 0 Å². The Bertz CT molecular complexity index is 860.